The standard InChI is InChI=1S/C13H11F2NOS/c1-8(17)9-4-5-16-13(6-9)18-10-2-3-11(14)12(15)7-10/h2-8,17H,1H3. The van der Waals surface area contributed by atoms with Gasteiger partial charge in [-0.3, -0.25) is 0 Å². The average molecular weight is 267 g/mol. The highest BCUT2D eigenvalue weighted by molar-refractivity contribution is 7.99. The minimum absolute atomic E-state index is 0.559. The lowest BCUT2D eigenvalue weighted by atomic mass is 10.2. The highest BCUT2D eigenvalue weighted by Crippen LogP contribution is 2.28. The van der Waals surface area contributed by atoms with Gasteiger partial charge in [0, 0.05) is 11.1 Å². The second kappa shape index (κ2) is 5.46. The van der Waals surface area contributed by atoms with E-state index in [2.05, 4.69) is 4.98 Å². The molecule has 18 heavy (non-hydrogen) atoms. The minimum Gasteiger partial charge on any atom is -0.389 e. The first-order chi connectivity index (χ1) is 8.56. The topological polar surface area (TPSA) is 33.1 Å². The zero-order chi connectivity index (χ0) is 13.1. The molecule has 0 spiro atoms. The third-order valence-electron chi connectivity index (χ3n) is 2.35. The quantitative estimate of drug-likeness (QED) is 0.923. The number of aromatic nitrogens is 1. The molecule has 1 unspecified atom stereocenters. The van der Waals surface area contributed by atoms with E-state index < -0.39 is 17.7 Å². The molecule has 2 rings (SSSR count). The second-order valence-corrected chi connectivity index (χ2v) is 4.88. The number of halogens is 2. The number of rotatable bonds is 3. The lowest BCUT2D eigenvalue weighted by Crippen LogP contribution is -1.92. The molecule has 0 saturated heterocycles. The zero-order valence-corrected chi connectivity index (χ0v) is 10.4. The van der Waals surface area contributed by atoms with Crippen molar-refractivity contribution in [3.63, 3.8) is 0 Å². The predicted molar refractivity (Wildman–Crippen MR) is 65.4 cm³/mol. The number of hydrogen-bond acceptors (Lipinski definition) is 3. The Hall–Kier alpha value is -1.46. The summed E-state index contributed by atoms with van der Waals surface area (Å²) < 4.78 is 25.8. The molecule has 0 aliphatic rings. The minimum atomic E-state index is -0.883. The van der Waals surface area contributed by atoms with Crippen molar-refractivity contribution in [3.05, 3.63) is 53.7 Å². The Labute approximate surface area is 108 Å². The summed E-state index contributed by atoms with van der Waals surface area (Å²) in [5, 5.41) is 10.1. The molecule has 0 saturated carbocycles. The van der Waals surface area contributed by atoms with Crippen LogP contribution < -0.4 is 0 Å². The molecule has 0 aliphatic carbocycles. The van der Waals surface area contributed by atoms with E-state index in [-0.39, 0.29) is 0 Å². The van der Waals surface area contributed by atoms with Gasteiger partial charge in [0.05, 0.1) is 6.10 Å². The zero-order valence-electron chi connectivity index (χ0n) is 9.60. The Bertz CT molecular complexity index is 560. The van der Waals surface area contributed by atoms with Gasteiger partial charge in [-0.2, -0.15) is 0 Å². The van der Waals surface area contributed by atoms with Crippen molar-refractivity contribution in [2.75, 3.05) is 0 Å². The second-order valence-electron chi connectivity index (χ2n) is 3.78. The van der Waals surface area contributed by atoms with Gasteiger partial charge in [0.15, 0.2) is 11.6 Å². The van der Waals surface area contributed by atoms with Crippen LogP contribution >= 0.6 is 11.8 Å². The van der Waals surface area contributed by atoms with Gasteiger partial charge in [0.2, 0.25) is 0 Å². The fourth-order valence-electron chi connectivity index (χ4n) is 1.40. The maximum absolute atomic E-state index is 13.0. The van der Waals surface area contributed by atoms with Crippen LogP contribution in [0.5, 0.6) is 0 Å². The molecule has 1 aromatic heterocycles. The van der Waals surface area contributed by atoms with Crippen LogP contribution in [0.3, 0.4) is 0 Å². The Balaban J connectivity index is 2.23. The summed E-state index contributed by atoms with van der Waals surface area (Å²) in [6, 6.07) is 7.11. The summed E-state index contributed by atoms with van der Waals surface area (Å²) in [5.41, 5.74) is 0.732. The van der Waals surface area contributed by atoms with Gasteiger partial charge in [0.1, 0.15) is 5.03 Å². The van der Waals surface area contributed by atoms with Gasteiger partial charge in [-0.1, -0.05) is 11.8 Å². The third kappa shape index (κ3) is 3.05. The third-order valence-corrected chi connectivity index (χ3v) is 3.28. The number of benzene rings is 1. The molecule has 0 aliphatic heterocycles. The Morgan fingerprint density at radius 3 is 2.61 bits per heavy atom. The van der Waals surface area contributed by atoms with Crippen molar-refractivity contribution in [1.82, 2.24) is 4.98 Å². The summed E-state index contributed by atoms with van der Waals surface area (Å²) in [5.74, 6) is -1.75. The van der Waals surface area contributed by atoms with Crippen molar-refractivity contribution in [3.8, 4) is 0 Å². The lowest BCUT2D eigenvalue weighted by molar-refractivity contribution is 0.199. The summed E-state index contributed by atoms with van der Waals surface area (Å²) in [6.45, 7) is 1.65. The van der Waals surface area contributed by atoms with E-state index in [1.165, 1.54) is 17.8 Å². The summed E-state index contributed by atoms with van der Waals surface area (Å²) >= 11 is 1.21. The number of hydrogen-bond donors (Lipinski definition) is 1. The van der Waals surface area contributed by atoms with Crippen molar-refractivity contribution < 1.29 is 13.9 Å². The highest BCUT2D eigenvalue weighted by Gasteiger charge is 2.07. The van der Waals surface area contributed by atoms with Crippen LogP contribution in [0.4, 0.5) is 8.78 Å². The van der Waals surface area contributed by atoms with Crippen molar-refractivity contribution >= 4 is 11.8 Å². The van der Waals surface area contributed by atoms with Crippen molar-refractivity contribution in [2.24, 2.45) is 0 Å². The van der Waals surface area contributed by atoms with Crippen molar-refractivity contribution in [2.45, 2.75) is 22.9 Å². The van der Waals surface area contributed by atoms with Crippen LogP contribution in [-0.2, 0) is 0 Å². The maximum Gasteiger partial charge on any atom is 0.159 e. The Morgan fingerprint density at radius 2 is 1.94 bits per heavy atom. The van der Waals surface area contributed by atoms with Gasteiger partial charge >= 0.3 is 0 Å². The molecule has 2 aromatic rings. The van der Waals surface area contributed by atoms with Gasteiger partial charge < -0.3 is 5.11 Å². The number of aliphatic hydroxyl groups excluding tert-OH is 1. The van der Waals surface area contributed by atoms with Gasteiger partial charge in [-0.15, -0.1) is 0 Å². The fraction of sp³-hybridized carbons (Fsp3) is 0.154. The molecule has 0 bridgehead atoms. The smallest absolute Gasteiger partial charge is 0.159 e. The van der Waals surface area contributed by atoms with Crippen molar-refractivity contribution in [1.29, 1.82) is 0 Å². The largest absolute Gasteiger partial charge is 0.389 e. The first kappa shape index (κ1) is 13.0. The van der Waals surface area contributed by atoms with E-state index in [9.17, 15) is 13.9 Å². The van der Waals surface area contributed by atoms with E-state index >= 15 is 0 Å². The number of pyridine rings is 1. The molecular weight excluding hydrogens is 256 g/mol. The van der Waals surface area contributed by atoms with Crippen LogP contribution in [0.1, 0.15) is 18.6 Å². The molecule has 5 heteroatoms. The summed E-state index contributed by atoms with van der Waals surface area (Å²) in [4.78, 5) is 4.66. The molecule has 2 nitrogen and oxygen atoms in total. The number of aliphatic hydroxyl groups is 1. The Morgan fingerprint density at radius 1 is 1.17 bits per heavy atom. The number of nitrogens with zero attached hydrogens (tertiary/aromatic N) is 1. The molecule has 0 radical (unpaired) electrons. The molecule has 94 valence electrons. The van der Waals surface area contributed by atoms with E-state index in [4.69, 9.17) is 0 Å². The predicted octanol–water partition coefficient (Wildman–Crippen LogP) is 3.56. The molecule has 0 fully saturated rings. The van der Waals surface area contributed by atoms with E-state index in [0.29, 0.717) is 9.92 Å². The molecular formula is C13H11F2NOS. The van der Waals surface area contributed by atoms with Crippen LogP contribution in [0, 0.1) is 11.6 Å². The molecule has 1 N–H and O–H groups in total. The summed E-state index contributed by atoms with van der Waals surface area (Å²) in [6.07, 6.45) is 0.988. The molecule has 1 aromatic carbocycles. The molecule has 0 amide bonds. The van der Waals surface area contributed by atoms with Crippen LogP contribution in [0.15, 0.2) is 46.5 Å². The first-order valence-electron chi connectivity index (χ1n) is 5.33. The monoisotopic (exact) mass is 267 g/mol. The van der Waals surface area contributed by atoms with Gasteiger partial charge in [0.25, 0.3) is 0 Å². The lowest BCUT2D eigenvalue weighted by Gasteiger charge is -2.06. The Kier molecular flexibility index (Phi) is 3.93. The highest BCUT2D eigenvalue weighted by atomic mass is 32.2. The molecule has 1 atom stereocenters. The van der Waals surface area contributed by atoms with Crippen LogP contribution in [0.2, 0.25) is 0 Å². The average Bonchev–Trinajstić information content (AvgIpc) is 2.34. The van der Waals surface area contributed by atoms with E-state index in [1.807, 2.05) is 0 Å². The van der Waals surface area contributed by atoms with Gasteiger partial charge in [-0.05, 0) is 42.8 Å². The fourth-order valence-corrected chi connectivity index (χ4v) is 2.25. The molecule has 1 heterocycles. The first-order valence-corrected chi connectivity index (χ1v) is 6.15. The summed E-state index contributed by atoms with van der Waals surface area (Å²) in [7, 11) is 0. The van der Waals surface area contributed by atoms with E-state index in [1.54, 1.807) is 25.3 Å². The SMILES string of the molecule is CC(O)c1ccnc(Sc2ccc(F)c(F)c2)c1. The van der Waals surface area contributed by atoms with Crippen LogP contribution in [0.25, 0.3) is 0 Å². The van der Waals surface area contributed by atoms with Gasteiger partial charge in [-0.25, -0.2) is 13.8 Å². The van der Waals surface area contributed by atoms with Crippen LogP contribution in [-0.4, -0.2) is 10.1 Å². The van der Waals surface area contributed by atoms with E-state index in [0.717, 1.165) is 17.7 Å². The maximum atomic E-state index is 13.0. The normalized spacial score (nSPS) is 12.4.